The molecule has 0 heterocycles. The fourth-order valence-electron chi connectivity index (χ4n) is 1.87. The van der Waals surface area contributed by atoms with E-state index in [2.05, 4.69) is 10.6 Å². The van der Waals surface area contributed by atoms with E-state index in [4.69, 9.17) is 24.1 Å². The van der Waals surface area contributed by atoms with Gasteiger partial charge in [0.2, 0.25) is 5.91 Å². The Morgan fingerprint density at radius 1 is 0.742 bits per heavy atom. The largest absolute Gasteiger partial charge is 0.481 e. The molecule has 0 aromatic rings. The molecule has 12 heteroatoms. The third-order valence-corrected chi connectivity index (χ3v) is 3.19. The first-order valence-corrected chi connectivity index (χ1v) is 9.84. The quantitative estimate of drug-likeness (QED) is 0.181. The number of amides is 2. The van der Waals surface area contributed by atoms with Crippen LogP contribution in [0.25, 0.3) is 0 Å². The molecule has 12 nitrogen and oxygen atoms in total. The number of ether oxygens (including phenoxy) is 4. The van der Waals surface area contributed by atoms with E-state index in [1.807, 2.05) is 0 Å². The van der Waals surface area contributed by atoms with Crippen molar-refractivity contribution in [2.75, 3.05) is 39.5 Å². The second-order valence-corrected chi connectivity index (χ2v) is 7.23. The van der Waals surface area contributed by atoms with Gasteiger partial charge in [-0.15, -0.1) is 0 Å². The minimum Gasteiger partial charge on any atom is -0.481 e. The maximum Gasteiger partial charge on any atom is 0.407 e. The molecular weight excluding hydrogens is 416 g/mol. The number of carboxylic acids is 1. The van der Waals surface area contributed by atoms with Crippen molar-refractivity contribution in [3.05, 3.63) is 0 Å². The molecule has 0 unspecified atom stereocenters. The van der Waals surface area contributed by atoms with E-state index in [1.165, 1.54) is 0 Å². The van der Waals surface area contributed by atoms with Crippen molar-refractivity contribution in [2.24, 2.45) is 0 Å². The first kappa shape index (κ1) is 28.1. The lowest BCUT2D eigenvalue weighted by molar-refractivity contribution is -0.148. The van der Waals surface area contributed by atoms with Gasteiger partial charge in [-0.25, -0.2) is 4.79 Å². The monoisotopic (exact) mass is 448 g/mol. The third kappa shape index (κ3) is 20.2. The molecule has 0 bridgehead atoms. The predicted molar refractivity (Wildman–Crippen MR) is 106 cm³/mol. The van der Waals surface area contributed by atoms with E-state index < -0.39 is 29.6 Å². The van der Waals surface area contributed by atoms with Crippen LogP contribution in [0.15, 0.2) is 0 Å². The minimum absolute atomic E-state index is 0.0129. The van der Waals surface area contributed by atoms with Crippen LogP contribution in [0.3, 0.4) is 0 Å². The second-order valence-electron chi connectivity index (χ2n) is 7.23. The summed E-state index contributed by atoms with van der Waals surface area (Å²) in [5.41, 5.74) is -0.616. The summed E-state index contributed by atoms with van der Waals surface area (Å²) in [5, 5.41) is 13.4. The predicted octanol–water partition coefficient (Wildman–Crippen LogP) is 0.375. The third-order valence-electron chi connectivity index (χ3n) is 3.19. The van der Waals surface area contributed by atoms with Crippen LogP contribution in [0.1, 0.15) is 46.5 Å². The van der Waals surface area contributed by atoms with Crippen LogP contribution in [0.2, 0.25) is 0 Å². The number of hydrogen-bond donors (Lipinski definition) is 3. The first-order chi connectivity index (χ1) is 14.5. The molecule has 2 amide bonds. The standard InChI is InChI=1S/C19H32N2O10/c1-19(2,3)31-18(27)21-9-11-29-16(25)6-4-14(22)20-8-10-28-12-13-30-17(26)7-5-15(23)24/h4-13H2,1-3H3,(H,20,22)(H,21,27)(H,23,24). The van der Waals surface area contributed by atoms with Crippen molar-refractivity contribution in [1.29, 1.82) is 0 Å². The molecule has 0 rings (SSSR count). The van der Waals surface area contributed by atoms with E-state index in [0.29, 0.717) is 0 Å². The van der Waals surface area contributed by atoms with Crippen molar-refractivity contribution >= 4 is 29.9 Å². The van der Waals surface area contributed by atoms with Crippen molar-refractivity contribution in [1.82, 2.24) is 10.6 Å². The highest BCUT2D eigenvalue weighted by molar-refractivity contribution is 5.81. The summed E-state index contributed by atoms with van der Waals surface area (Å²) in [6, 6.07) is 0. The Morgan fingerprint density at radius 3 is 1.94 bits per heavy atom. The summed E-state index contributed by atoms with van der Waals surface area (Å²) in [4.78, 5) is 56.1. The van der Waals surface area contributed by atoms with Crippen LogP contribution in [0, 0.1) is 0 Å². The number of carbonyl (C=O) groups excluding carboxylic acids is 4. The molecule has 0 aliphatic rings. The first-order valence-electron chi connectivity index (χ1n) is 9.84. The topological polar surface area (TPSA) is 167 Å². The molecule has 31 heavy (non-hydrogen) atoms. The summed E-state index contributed by atoms with van der Waals surface area (Å²) < 4.78 is 19.8. The SMILES string of the molecule is CC(C)(C)OC(=O)NCCOC(=O)CCC(=O)NCCOCCOC(=O)CCC(=O)O. The Bertz CT molecular complexity index is 601. The molecule has 0 aliphatic carbocycles. The zero-order valence-corrected chi connectivity index (χ0v) is 18.2. The van der Waals surface area contributed by atoms with Crippen molar-refractivity contribution in [3.8, 4) is 0 Å². The lowest BCUT2D eigenvalue weighted by atomic mass is 10.2. The second kappa shape index (κ2) is 15.9. The zero-order chi connectivity index (χ0) is 23.7. The molecule has 0 saturated heterocycles. The molecular formula is C19H32N2O10. The number of esters is 2. The molecule has 3 N–H and O–H groups in total. The van der Waals surface area contributed by atoms with Crippen LogP contribution >= 0.6 is 0 Å². The Kier molecular flexibility index (Phi) is 14.4. The molecule has 0 aromatic carbocycles. The van der Waals surface area contributed by atoms with E-state index in [1.54, 1.807) is 20.8 Å². The summed E-state index contributed by atoms with van der Waals surface area (Å²) in [6.07, 6.45) is -1.26. The van der Waals surface area contributed by atoms with Gasteiger partial charge in [-0.05, 0) is 20.8 Å². The molecule has 0 fully saturated rings. The van der Waals surface area contributed by atoms with Gasteiger partial charge in [-0.1, -0.05) is 0 Å². The Labute approximate surface area is 180 Å². The van der Waals surface area contributed by atoms with Gasteiger partial charge in [0.1, 0.15) is 18.8 Å². The summed E-state index contributed by atoms with van der Waals surface area (Å²) in [5.74, 6) is -2.62. The highest BCUT2D eigenvalue weighted by Crippen LogP contribution is 2.06. The highest BCUT2D eigenvalue weighted by Gasteiger charge is 2.15. The average Bonchev–Trinajstić information content (AvgIpc) is 2.66. The molecule has 178 valence electrons. The fraction of sp³-hybridized carbons (Fsp3) is 0.737. The van der Waals surface area contributed by atoms with E-state index in [-0.39, 0.29) is 71.1 Å². The normalized spacial score (nSPS) is 10.7. The van der Waals surface area contributed by atoms with Crippen molar-refractivity contribution < 1.29 is 48.0 Å². The van der Waals surface area contributed by atoms with Crippen molar-refractivity contribution in [2.45, 2.75) is 52.1 Å². The van der Waals surface area contributed by atoms with Gasteiger partial charge in [-0.3, -0.25) is 19.2 Å². The molecule has 0 saturated carbocycles. The fourth-order valence-corrected chi connectivity index (χ4v) is 1.87. The summed E-state index contributed by atoms with van der Waals surface area (Å²) in [6.45, 7) is 5.74. The van der Waals surface area contributed by atoms with Gasteiger partial charge in [-0.2, -0.15) is 0 Å². The van der Waals surface area contributed by atoms with Gasteiger partial charge in [0, 0.05) is 13.0 Å². The van der Waals surface area contributed by atoms with Gasteiger partial charge < -0.3 is 34.7 Å². The molecule has 0 aliphatic heterocycles. The van der Waals surface area contributed by atoms with Crippen LogP contribution in [-0.4, -0.2) is 80.1 Å². The van der Waals surface area contributed by atoms with Gasteiger partial charge >= 0.3 is 24.0 Å². The zero-order valence-electron chi connectivity index (χ0n) is 18.2. The molecule has 0 spiro atoms. The maximum atomic E-state index is 11.6. The van der Waals surface area contributed by atoms with E-state index in [0.717, 1.165) is 0 Å². The number of alkyl carbamates (subject to hydrolysis) is 1. The number of aliphatic carboxylic acids is 1. The van der Waals surface area contributed by atoms with E-state index in [9.17, 15) is 24.0 Å². The van der Waals surface area contributed by atoms with E-state index >= 15 is 0 Å². The number of carbonyl (C=O) groups is 5. The van der Waals surface area contributed by atoms with Crippen LogP contribution in [0.5, 0.6) is 0 Å². The number of carboxylic acid groups (broad SMARTS) is 1. The number of nitrogens with one attached hydrogen (secondary N) is 2. The Morgan fingerprint density at radius 2 is 1.32 bits per heavy atom. The van der Waals surface area contributed by atoms with Crippen LogP contribution in [-0.2, 0) is 38.1 Å². The number of hydrogen-bond acceptors (Lipinski definition) is 9. The molecule has 0 radical (unpaired) electrons. The van der Waals surface area contributed by atoms with Gasteiger partial charge in [0.15, 0.2) is 0 Å². The molecule has 0 aromatic heterocycles. The summed E-state index contributed by atoms with van der Waals surface area (Å²) in [7, 11) is 0. The number of rotatable bonds is 15. The Hall–Kier alpha value is -2.89. The smallest absolute Gasteiger partial charge is 0.407 e. The van der Waals surface area contributed by atoms with Crippen LogP contribution < -0.4 is 10.6 Å². The Balaban J connectivity index is 3.58. The van der Waals surface area contributed by atoms with Crippen molar-refractivity contribution in [3.63, 3.8) is 0 Å². The average molecular weight is 448 g/mol. The lowest BCUT2D eigenvalue weighted by Crippen LogP contribution is -2.34. The van der Waals surface area contributed by atoms with Gasteiger partial charge in [0.05, 0.1) is 39.0 Å². The lowest BCUT2D eigenvalue weighted by Gasteiger charge is -2.19. The van der Waals surface area contributed by atoms with Crippen LogP contribution in [0.4, 0.5) is 4.79 Å². The highest BCUT2D eigenvalue weighted by atomic mass is 16.6. The summed E-state index contributed by atoms with van der Waals surface area (Å²) >= 11 is 0. The minimum atomic E-state index is -1.08. The maximum absolute atomic E-state index is 11.6. The van der Waals surface area contributed by atoms with Gasteiger partial charge in [0.25, 0.3) is 0 Å². The molecule has 0 atom stereocenters.